The first kappa shape index (κ1) is 25.6. The van der Waals surface area contributed by atoms with Gasteiger partial charge in [-0.05, 0) is 117 Å². The van der Waals surface area contributed by atoms with Crippen LogP contribution in [0.1, 0.15) is 112 Å². The van der Waals surface area contributed by atoms with Gasteiger partial charge in [0, 0.05) is 0 Å². The molecule has 190 valence electrons. The minimum absolute atomic E-state index is 0.218. The Bertz CT molecular complexity index is 744. The molecule has 0 aliphatic heterocycles. The first-order valence-corrected chi connectivity index (χ1v) is 13.8. The van der Waals surface area contributed by atoms with Gasteiger partial charge < -0.3 is 5.11 Å². The van der Waals surface area contributed by atoms with Crippen LogP contribution in [0.2, 0.25) is 0 Å². The fourth-order valence-electron chi connectivity index (χ4n) is 9.16. The molecule has 1 N–H and O–H groups in total. The molecule has 0 heterocycles. The van der Waals surface area contributed by atoms with Crippen LogP contribution in [0.25, 0.3) is 0 Å². The Morgan fingerprint density at radius 2 is 1.76 bits per heavy atom. The van der Waals surface area contributed by atoms with E-state index < -0.39 is 17.7 Å². The lowest BCUT2D eigenvalue weighted by Gasteiger charge is -2.57. The van der Waals surface area contributed by atoms with Gasteiger partial charge in [-0.3, -0.25) is 0 Å². The van der Waals surface area contributed by atoms with E-state index in [9.17, 15) is 18.3 Å². The highest BCUT2D eigenvalue weighted by atomic mass is 19.4. The van der Waals surface area contributed by atoms with Crippen LogP contribution in [-0.4, -0.2) is 16.9 Å². The average Bonchev–Trinajstić information content (AvgIpc) is 3.03. The van der Waals surface area contributed by atoms with Crippen molar-refractivity contribution in [2.24, 2.45) is 46.3 Å². The zero-order valence-electron chi connectivity index (χ0n) is 21.6. The van der Waals surface area contributed by atoms with E-state index in [1.54, 1.807) is 0 Å². The van der Waals surface area contributed by atoms with Gasteiger partial charge in [0.05, 0.1) is 11.5 Å². The number of alkyl halides is 3. The van der Waals surface area contributed by atoms with E-state index in [4.69, 9.17) is 0 Å². The maximum Gasteiger partial charge on any atom is 0.391 e. The highest BCUT2D eigenvalue weighted by Gasteiger charge is 2.59. The molecule has 4 heteroatoms. The van der Waals surface area contributed by atoms with Crippen molar-refractivity contribution in [3.05, 3.63) is 11.6 Å². The fourth-order valence-corrected chi connectivity index (χ4v) is 9.16. The molecule has 0 aromatic rings. The monoisotopic (exact) mass is 468 g/mol. The van der Waals surface area contributed by atoms with Crippen LogP contribution < -0.4 is 0 Å². The summed E-state index contributed by atoms with van der Waals surface area (Å²) in [4.78, 5) is 0. The highest BCUT2D eigenvalue weighted by molar-refractivity contribution is 5.25. The lowest BCUT2D eigenvalue weighted by atomic mass is 9.48. The molecule has 33 heavy (non-hydrogen) atoms. The molecule has 0 amide bonds. The zero-order valence-corrected chi connectivity index (χ0v) is 21.6. The number of fused-ring (bicyclic) bond motifs is 5. The van der Waals surface area contributed by atoms with Gasteiger partial charge in [0.25, 0.3) is 0 Å². The Balaban J connectivity index is 1.50. The topological polar surface area (TPSA) is 20.2 Å². The van der Waals surface area contributed by atoms with Gasteiger partial charge in [0.2, 0.25) is 0 Å². The molecule has 0 aromatic carbocycles. The van der Waals surface area contributed by atoms with E-state index in [0.717, 1.165) is 32.1 Å². The molecule has 0 saturated heterocycles. The summed E-state index contributed by atoms with van der Waals surface area (Å²) in [6, 6.07) is 0. The van der Waals surface area contributed by atoms with E-state index in [2.05, 4.69) is 33.8 Å². The second kappa shape index (κ2) is 8.86. The van der Waals surface area contributed by atoms with E-state index in [-0.39, 0.29) is 17.3 Å². The highest BCUT2D eigenvalue weighted by Crippen LogP contribution is 2.67. The van der Waals surface area contributed by atoms with Crippen molar-refractivity contribution in [1.82, 2.24) is 0 Å². The van der Waals surface area contributed by atoms with Crippen molar-refractivity contribution in [1.29, 1.82) is 0 Å². The molecule has 0 aromatic heterocycles. The SMILES string of the molecule is CC[C@]1(O)CCCC2(C)C(=CCC3C2CCC2(C)C3CCC2[C@H](C)CCC(C)C(F)(F)F)C1. The van der Waals surface area contributed by atoms with Crippen molar-refractivity contribution in [3.8, 4) is 0 Å². The van der Waals surface area contributed by atoms with Gasteiger partial charge in [0.1, 0.15) is 0 Å². The minimum atomic E-state index is -4.07. The van der Waals surface area contributed by atoms with Gasteiger partial charge in [0.15, 0.2) is 0 Å². The summed E-state index contributed by atoms with van der Waals surface area (Å²) in [5.41, 5.74) is 1.49. The Kier molecular flexibility index (Phi) is 6.87. The predicted molar refractivity (Wildman–Crippen MR) is 129 cm³/mol. The predicted octanol–water partition coefficient (Wildman–Crippen LogP) is 8.71. The fraction of sp³-hybridized carbons (Fsp3) is 0.931. The largest absolute Gasteiger partial charge is 0.391 e. The summed E-state index contributed by atoms with van der Waals surface area (Å²) < 4.78 is 39.2. The molecular formula is C29H47F3O. The number of halogens is 3. The minimum Gasteiger partial charge on any atom is -0.390 e. The number of allylic oxidation sites excluding steroid dienone is 1. The second-order valence-corrected chi connectivity index (χ2v) is 13.1. The molecule has 4 aliphatic rings. The molecule has 0 radical (unpaired) electrons. The second-order valence-electron chi connectivity index (χ2n) is 13.1. The maximum atomic E-state index is 13.1. The van der Waals surface area contributed by atoms with Crippen LogP contribution in [0.5, 0.6) is 0 Å². The van der Waals surface area contributed by atoms with Crippen LogP contribution in [0.4, 0.5) is 13.2 Å². The zero-order chi connectivity index (χ0) is 24.2. The molecule has 0 bridgehead atoms. The number of hydrogen-bond acceptors (Lipinski definition) is 1. The summed E-state index contributed by atoms with van der Waals surface area (Å²) in [6.07, 6.45) is 10.4. The molecule has 7 unspecified atom stereocenters. The number of aliphatic hydroxyl groups is 1. The van der Waals surface area contributed by atoms with Gasteiger partial charge in [-0.25, -0.2) is 0 Å². The van der Waals surface area contributed by atoms with Gasteiger partial charge in [-0.1, -0.05) is 46.3 Å². The van der Waals surface area contributed by atoms with Crippen molar-refractivity contribution in [2.45, 2.75) is 123 Å². The van der Waals surface area contributed by atoms with Gasteiger partial charge in [-0.15, -0.1) is 0 Å². The summed E-state index contributed by atoms with van der Waals surface area (Å²) in [7, 11) is 0. The normalized spacial score (nSPS) is 45.3. The molecule has 4 aliphatic carbocycles. The molecular weight excluding hydrogens is 421 g/mol. The van der Waals surface area contributed by atoms with Crippen molar-refractivity contribution >= 4 is 0 Å². The Hall–Kier alpha value is -0.510. The van der Waals surface area contributed by atoms with Crippen LogP contribution in [0.15, 0.2) is 11.6 Å². The molecule has 0 spiro atoms. The van der Waals surface area contributed by atoms with Crippen molar-refractivity contribution < 1.29 is 18.3 Å². The van der Waals surface area contributed by atoms with E-state index in [1.165, 1.54) is 44.6 Å². The van der Waals surface area contributed by atoms with Gasteiger partial charge in [-0.2, -0.15) is 13.2 Å². The van der Waals surface area contributed by atoms with E-state index >= 15 is 0 Å². The Morgan fingerprint density at radius 1 is 1.03 bits per heavy atom. The van der Waals surface area contributed by atoms with Crippen LogP contribution in [0, 0.1) is 46.3 Å². The molecule has 1 nitrogen and oxygen atoms in total. The van der Waals surface area contributed by atoms with Crippen LogP contribution in [-0.2, 0) is 0 Å². The smallest absolute Gasteiger partial charge is 0.390 e. The number of hydrogen-bond donors (Lipinski definition) is 1. The van der Waals surface area contributed by atoms with Crippen molar-refractivity contribution in [3.63, 3.8) is 0 Å². The standard InChI is InChI=1S/C29H47F3O/c1-6-28(33)16-7-15-26(4)21(18-28)10-11-22-24-13-12-23(27(24,5)17-14-25(22)26)19(2)8-9-20(3)29(30,31)32/h10,19-20,22-25,33H,6-9,11-18H2,1-5H3/t19-,20?,22?,23?,24?,25?,26?,27?,28+/m1/s1. The Morgan fingerprint density at radius 3 is 2.42 bits per heavy atom. The average molecular weight is 469 g/mol. The quantitative estimate of drug-likeness (QED) is 0.400. The number of rotatable bonds is 5. The third-order valence-corrected chi connectivity index (χ3v) is 11.5. The van der Waals surface area contributed by atoms with Crippen molar-refractivity contribution in [2.75, 3.05) is 0 Å². The summed E-state index contributed by atoms with van der Waals surface area (Å²) in [6.45, 7) is 10.7. The Labute approximate surface area is 200 Å². The molecule has 4 rings (SSSR count). The first-order valence-electron chi connectivity index (χ1n) is 13.8. The summed E-state index contributed by atoms with van der Waals surface area (Å²) in [5.74, 6) is 1.84. The first-order chi connectivity index (χ1) is 15.3. The summed E-state index contributed by atoms with van der Waals surface area (Å²) in [5, 5.41) is 11.1. The van der Waals surface area contributed by atoms with E-state index in [0.29, 0.717) is 36.0 Å². The third kappa shape index (κ3) is 4.45. The van der Waals surface area contributed by atoms with Crippen LogP contribution >= 0.6 is 0 Å². The molecule has 9 atom stereocenters. The summed E-state index contributed by atoms with van der Waals surface area (Å²) >= 11 is 0. The lowest BCUT2D eigenvalue weighted by molar-refractivity contribution is -0.172. The third-order valence-electron chi connectivity index (χ3n) is 11.5. The van der Waals surface area contributed by atoms with E-state index in [1.807, 2.05) is 0 Å². The maximum absolute atomic E-state index is 13.1. The molecule has 3 saturated carbocycles. The lowest BCUT2D eigenvalue weighted by Crippen LogP contribution is -2.49. The molecule has 3 fully saturated rings. The van der Waals surface area contributed by atoms with Crippen LogP contribution in [0.3, 0.4) is 0 Å². The van der Waals surface area contributed by atoms with Gasteiger partial charge >= 0.3 is 6.18 Å².